The smallest absolute Gasteiger partial charge is 0.268 e. The van der Waals surface area contributed by atoms with Gasteiger partial charge in [0.15, 0.2) is 5.82 Å². The average molecular weight is 304 g/mol. The van der Waals surface area contributed by atoms with Crippen LogP contribution in [0.15, 0.2) is 10.6 Å². The molecule has 1 saturated heterocycles. The summed E-state index contributed by atoms with van der Waals surface area (Å²) in [5.74, 6) is 1.50. The molecular formula is C15H20N4OS. The van der Waals surface area contributed by atoms with Crippen LogP contribution in [0.3, 0.4) is 0 Å². The third-order valence-electron chi connectivity index (χ3n) is 4.25. The molecule has 112 valence electrons. The Labute approximate surface area is 128 Å². The summed E-state index contributed by atoms with van der Waals surface area (Å²) < 4.78 is 5.48. The standard InChI is InChI=1S/C15H20N4OS/c1-2-4-12-11(3-1)9-13(21-12)15-17-14(18-20-15)10-19-7-5-16-6-8-19/h9,16H,1-8,10H2. The Morgan fingerprint density at radius 3 is 2.95 bits per heavy atom. The second kappa shape index (κ2) is 5.87. The third kappa shape index (κ3) is 2.88. The van der Waals surface area contributed by atoms with Gasteiger partial charge >= 0.3 is 0 Å². The summed E-state index contributed by atoms with van der Waals surface area (Å²) in [5.41, 5.74) is 1.49. The van der Waals surface area contributed by atoms with Crippen LogP contribution < -0.4 is 5.32 Å². The first kappa shape index (κ1) is 13.4. The highest BCUT2D eigenvalue weighted by molar-refractivity contribution is 7.15. The van der Waals surface area contributed by atoms with E-state index in [0.29, 0.717) is 5.89 Å². The fourth-order valence-corrected chi connectivity index (χ4v) is 4.26. The second-order valence-electron chi connectivity index (χ2n) is 5.81. The number of aromatic nitrogens is 2. The molecular weight excluding hydrogens is 284 g/mol. The molecule has 1 N–H and O–H groups in total. The predicted octanol–water partition coefficient (Wildman–Crippen LogP) is 2.08. The highest BCUT2D eigenvalue weighted by Gasteiger charge is 2.19. The lowest BCUT2D eigenvalue weighted by molar-refractivity contribution is 0.225. The van der Waals surface area contributed by atoms with Gasteiger partial charge in [0.05, 0.1) is 11.4 Å². The van der Waals surface area contributed by atoms with Crippen LogP contribution in [0.2, 0.25) is 0 Å². The monoisotopic (exact) mass is 304 g/mol. The molecule has 2 aromatic rings. The first-order valence-electron chi connectivity index (χ1n) is 7.76. The van der Waals surface area contributed by atoms with E-state index in [1.165, 1.54) is 36.1 Å². The summed E-state index contributed by atoms with van der Waals surface area (Å²) in [6.45, 7) is 4.98. The number of nitrogens with one attached hydrogen (secondary N) is 1. The predicted molar refractivity (Wildman–Crippen MR) is 82.4 cm³/mol. The van der Waals surface area contributed by atoms with Crippen molar-refractivity contribution < 1.29 is 4.52 Å². The van der Waals surface area contributed by atoms with Crippen molar-refractivity contribution in [3.05, 3.63) is 22.3 Å². The Morgan fingerprint density at radius 1 is 1.24 bits per heavy atom. The molecule has 3 heterocycles. The minimum absolute atomic E-state index is 0.694. The van der Waals surface area contributed by atoms with E-state index in [2.05, 4.69) is 26.4 Å². The van der Waals surface area contributed by atoms with Crippen molar-refractivity contribution in [1.29, 1.82) is 0 Å². The average Bonchev–Trinajstić information content (AvgIpc) is 3.14. The Hall–Kier alpha value is -1.24. The zero-order valence-corrected chi connectivity index (χ0v) is 12.9. The number of hydrogen-bond donors (Lipinski definition) is 1. The van der Waals surface area contributed by atoms with Gasteiger partial charge in [0, 0.05) is 31.1 Å². The highest BCUT2D eigenvalue weighted by atomic mass is 32.1. The second-order valence-corrected chi connectivity index (χ2v) is 6.94. The minimum Gasteiger partial charge on any atom is -0.333 e. The molecule has 0 unspecified atom stereocenters. The van der Waals surface area contributed by atoms with Gasteiger partial charge in [-0.1, -0.05) is 5.16 Å². The molecule has 21 heavy (non-hydrogen) atoms. The van der Waals surface area contributed by atoms with Crippen LogP contribution in [0.4, 0.5) is 0 Å². The zero-order valence-electron chi connectivity index (χ0n) is 12.1. The maximum Gasteiger partial charge on any atom is 0.268 e. The van der Waals surface area contributed by atoms with E-state index >= 15 is 0 Å². The van der Waals surface area contributed by atoms with Crippen LogP contribution in [-0.4, -0.2) is 41.2 Å². The zero-order chi connectivity index (χ0) is 14.1. The number of piperazine rings is 1. The van der Waals surface area contributed by atoms with E-state index < -0.39 is 0 Å². The molecule has 1 fully saturated rings. The molecule has 0 bridgehead atoms. The van der Waals surface area contributed by atoms with Crippen LogP contribution in [0.25, 0.3) is 10.8 Å². The molecule has 0 aromatic carbocycles. The molecule has 0 spiro atoms. The van der Waals surface area contributed by atoms with Gasteiger partial charge in [0.25, 0.3) is 5.89 Å². The van der Waals surface area contributed by atoms with Crippen LogP contribution in [0.1, 0.15) is 29.1 Å². The summed E-state index contributed by atoms with van der Waals surface area (Å²) >= 11 is 1.83. The van der Waals surface area contributed by atoms with Gasteiger partial charge in [-0.25, -0.2) is 0 Å². The van der Waals surface area contributed by atoms with Crippen LogP contribution >= 0.6 is 11.3 Å². The Bertz CT molecular complexity index is 591. The fraction of sp³-hybridized carbons (Fsp3) is 0.600. The number of rotatable bonds is 3. The lowest BCUT2D eigenvalue weighted by Crippen LogP contribution is -2.43. The van der Waals surface area contributed by atoms with Crippen molar-refractivity contribution in [2.75, 3.05) is 26.2 Å². The van der Waals surface area contributed by atoms with Gasteiger partial charge in [-0.3, -0.25) is 4.90 Å². The number of thiophene rings is 1. The number of aryl methyl sites for hydroxylation is 2. The number of hydrogen-bond acceptors (Lipinski definition) is 6. The van der Waals surface area contributed by atoms with E-state index in [1.807, 2.05) is 11.3 Å². The van der Waals surface area contributed by atoms with Crippen molar-refractivity contribution in [1.82, 2.24) is 20.4 Å². The van der Waals surface area contributed by atoms with E-state index in [4.69, 9.17) is 4.52 Å². The van der Waals surface area contributed by atoms with Gasteiger partial charge in [-0.2, -0.15) is 4.98 Å². The van der Waals surface area contributed by atoms with E-state index in [0.717, 1.165) is 43.4 Å². The van der Waals surface area contributed by atoms with Crippen molar-refractivity contribution in [2.24, 2.45) is 0 Å². The molecule has 4 rings (SSSR count). The van der Waals surface area contributed by atoms with E-state index in [1.54, 1.807) is 0 Å². The molecule has 0 saturated carbocycles. The quantitative estimate of drug-likeness (QED) is 0.941. The molecule has 2 aliphatic rings. The number of nitrogens with zero attached hydrogens (tertiary/aromatic N) is 3. The molecule has 2 aromatic heterocycles. The summed E-state index contributed by atoms with van der Waals surface area (Å²) in [4.78, 5) is 9.61. The summed E-state index contributed by atoms with van der Waals surface area (Å²) in [7, 11) is 0. The van der Waals surface area contributed by atoms with Crippen LogP contribution in [0, 0.1) is 0 Å². The van der Waals surface area contributed by atoms with Crippen molar-refractivity contribution >= 4 is 11.3 Å². The molecule has 1 aliphatic carbocycles. The van der Waals surface area contributed by atoms with Crippen molar-refractivity contribution in [3.63, 3.8) is 0 Å². The summed E-state index contributed by atoms with van der Waals surface area (Å²) in [6.07, 6.45) is 5.03. The summed E-state index contributed by atoms with van der Waals surface area (Å²) in [6, 6.07) is 2.25. The van der Waals surface area contributed by atoms with Gasteiger partial charge in [-0.15, -0.1) is 11.3 Å². The Balaban J connectivity index is 1.49. The molecule has 0 amide bonds. The maximum atomic E-state index is 5.48. The van der Waals surface area contributed by atoms with Crippen LogP contribution in [-0.2, 0) is 19.4 Å². The van der Waals surface area contributed by atoms with Crippen LogP contribution in [0.5, 0.6) is 0 Å². The van der Waals surface area contributed by atoms with Gasteiger partial charge in [0.1, 0.15) is 0 Å². The lowest BCUT2D eigenvalue weighted by Gasteiger charge is -2.25. The summed E-state index contributed by atoms with van der Waals surface area (Å²) in [5, 5.41) is 7.51. The fourth-order valence-electron chi connectivity index (χ4n) is 3.08. The van der Waals surface area contributed by atoms with Gasteiger partial charge in [-0.05, 0) is 37.3 Å². The molecule has 0 radical (unpaired) electrons. The molecule has 5 nitrogen and oxygen atoms in total. The van der Waals surface area contributed by atoms with Gasteiger partial charge < -0.3 is 9.84 Å². The molecule has 1 aliphatic heterocycles. The van der Waals surface area contributed by atoms with Crippen molar-refractivity contribution in [2.45, 2.75) is 32.2 Å². The van der Waals surface area contributed by atoms with Gasteiger partial charge in [0.2, 0.25) is 0 Å². The molecule has 0 atom stereocenters. The van der Waals surface area contributed by atoms with E-state index in [-0.39, 0.29) is 0 Å². The topological polar surface area (TPSA) is 54.2 Å². The lowest BCUT2D eigenvalue weighted by atomic mass is 9.99. The normalized spacial score (nSPS) is 19.6. The first-order valence-corrected chi connectivity index (χ1v) is 8.58. The number of fused-ring (bicyclic) bond motifs is 1. The van der Waals surface area contributed by atoms with E-state index in [9.17, 15) is 0 Å². The maximum absolute atomic E-state index is 5.48. The first-order chi connectivity index (χ1) is 10.4. The Morgan fingerprint density at radius 2 is 2.10 bits per heavy atom. The highest BCUT2D eigenvalue weighted by Crippen LogP contribution is 2.34. The largest absolute Gasteiger partial charge is 0.333 e. The SMILES string of the molecule is c1c(-c2nc(CN3CCNCC3)no2)sc2c1CCCC2. The third-order valence-corrected chi connectivity index (χ3v) is 5.48. The Kier molecular flexibility index (Phi) is 3.75. The molecule has 6 heteroatoms. The minimum atomic E-state index is 0.694. The van der Waals surface area contributed by atoms with Crippen molar-refractivity contribution in [3.8, 4) is 10.8 Å².